The van der Waals surface area contributed by atoms with Crippen LogP contribution in [-0.4, -0.2) is 43.6 Å². The fourth-order valence-electron chi connectivity index (χ4n) is 4.52. The maximum Gasteiger partial charge on any atom is 0.243 e. The average molecular weight is 451 g/mol. The first-order chi connectivity index (χ1) is 14.3. The molecule has 0 amide bonds. The molecule has 6 nitrogen and oxygen atoms in total. The van der Waals surface area contributed by atoms with Crippen LogP contribution in [0.5, 0.6) is 5.75 Å². The first-order valence-electron chi connectivity index (χ1n) is 10.2. The maximum absolute atomic E-state index is 12.9. The predicted octanol–water partition coefficient (Wildman–Crippen LogP) is 3.40. The number of fused-ring (bicyclic) bond motifs is 1. The molecule has 0 saturated carbocycles. The Balaban J connectivity index is 1.48. The number of phenolic OH excluding ortho intramolecular Hbond substituents is 1. The zero-order chi connectivity index (χ0) is 21.5. The Kier molecular flexibility index (Phi) is 6.10. The molecule has 0 spiro atoms. The third kappa shape index (κ3) is 3.97. The molecule has 0 bridgehead atoms. The Hall–Kier alpha value is -1.64. The molecule has 1 fully saturated rings. The molecule has 2 aromatic carbocycles. The van der Waals surface area contributed by atoms with Crippen LogP contribution >= 0.6 is 11.6 Å². The maximum atomic E-state index is 12.9. The molecule has 2 aromatic rings. The van der Waals surface area contributed by atoms with Gasteiger partial charge in [0.15, 0.2) is 0 Å². The normalized spacial score (nSPS) is 23.3. The summed E-state index contributed by atoms with van der Waals surface area (Å²) in [6, 6.07) is 10.1. The van der Waals surface area contributed by atoms with E-state index in [0.29, 0.717) is 49.7 Å². The second kappa shape index (κ2) is 8.48. The van der Waals surface area contributed by atoms with Crippen molar-refractivity contribution < 1.29 is 18.3 Å². The number of piperidine rings is 1. The van der Waals surface area contributed by atoms with Gasteiger partial charge in [0.2, 0.25) is 10.0 Å². The largest absolute Gasteiger partial charge is 0.507 e. The van der Waals surface area contributed by atoms with Crippen molar-refractivity contribution in [1.82, 2.24) is 4.31 Å². The van der Waals surface area contributed by atoms with Crippen molar-refractivity contribution in [1.29, 1.82) is 0 Å². The average Bonchev–Trinajstić information content (AvgIpc) is 2.76. The third-order valence-corrected chi connectivity index (χ3v) is 8.47. The molecule has 2 aliphatic heterocycles. The smallest absolute Gasteiger partial charge is 0.243 e. The van der Waals surface area contributed by atoms with E-state index in [2.05, 4.69) is 0 Å². The number of hydrogen-bond donors (Lipinski definition) is 2. The second-order valence-electron chi connectivity index (χ2n) is 8.10. The zero-order valence-electron chi connectivity index (χ0n) is 16.9. The van der Waals surface area contributed by atoms with Gasteiger partial charge in [0, 0.05) is 36.6 Å². The van der Waals surface area contributed by atoms with Crippen LogP contribution < -0.4 is 5.73 Å². The summed E-state index contributed by atoms with van der Waals surface area (Å²) in [5.74, 6) is 0.533. The van der Waals surface area contributed by atoms with Crippen LogP contribution in [0.3, 0.4) is 0 Å². The molecule has 3 N–H and O–H groups in total. The molecule has 2 aliphatic rings. The van der Waals surface area contributed by atoms with Gasteiger partial charge in [-0.25, -0.2) is 8.42 Å². The first-order valence-corrected chi connectivity index (χ1v) is 12.1. The molecule has 0 aromatic heterocycles. The number of halogens is 1. The molecule has 0 unspecified atom stereocenters. The monoisotopic (exact) mass is 450 g/mol. The number of aryl methyl sites for hydroxylation is 1. The first kappa shape index (κ1) is 21.6. The van der Waals surface area contributed by atoms with Crippen molar-refractivity contribution in [3.63, 3.8) is 0 Å². The molecular weight excluding hydrogens is 424 g/mol. The Labute approximate surface area is 182 Å². The lowest BCUT2D eigenvalue weighted by molar-refractivity contribution is -0.0612. The highest BCUT2D eigenvalue weighted by Gasteiger charge is 2.37. The summed E-state index contributed by atoms with van der Waals surface area (Å²) in [7, 11) is -3.54. The van der Waals surface area contributed by atoms with Gasteiger partial charge in [-0.1, -0.05) is 23.7 Å². The van der Waals surface area contributed by atoms with Crippen molar-refractivity contribution >= 4 is 21.6 Å². The SMILES string of the molecule is Cc1ccc2c(c1O)C[C@@H](C1CCN(S(=O)(=O)c3ccc(Cl)cc3)CC1)O[C@H]2CN. The van der Waals surface area contributed by atoms with E-state index in [0.717, 1.165) is 16.7 Å². The summed E-state index contributed by atoms with van der Waals surface area (Å²) < 4.78 is 33.7. The lowest BCUT2D eigenvalue weighted by Gasteiger charge is -2.40. The number of rotatable bonds is 4. The number of nitrogens with two attached hydrogens (primary N) is 1. The summed E-state index contributed by atoms with van der Waals surface area (Å²) >= 11 is 5.88. The van der Waals surface area contributed by atoms with E-state index < -0.39 is 10.0 Å². The molecule has 1 saturated heterocycles. The van der Waals surface area contributed by atoms with Crippen LogP contribution in [0.4, 0.5) is 0 Å². The van der Waals surface area contributed by atoms with Crippen LogP contribution in [-0.2, 0) is 21.2 Å². The number of benzene rings is 2. The van der Waals surface area contributed by atoms with Gasteiger partial charge in [-0.2, -0.15) is 4.31 Å². The van der Waals surface area contributed by atoms with Crippen molar-refractivity contribution in [2.24, 2.45) is 11.7 Å². The van der Waals surface area contributed by atoms with E-state index in [-0.39, 0.29) is 23.0 Å². The fraction of sp³-hybridized carbons (Fsp3) is 0.455. The molecule has 2 heterocycles. The summed E-state index contributed by atoms with van der Waals surface area (Å²) in [5.41, 5.74) is 8.66. The second-order valence-corrected chi connectivity index (χ2v) is 10.5. The molecule has 162 valence electrons. The van der Waals surface area contributed by atoms with Gasteiger partial charge in [0.25, 0.3) is 0 Å². The fourth-order valence-corrected chi connectivity index (χ4v) is 6.12. The molecule has 8 heteroatoms. The van der Waals surface area contributed by atoms with Gasteiger partial charge in [-0.3, -0.25) is 0 Å². The van der Waals surface area contributed by atoms with Crippen LogP contribution in [0.1, 0.15) is 35.6 Å². The number of ether oxygens (including phenoxy) is 1. The summed E-state index contributed by atoms with van der Waals surface area (Å²) in [4.78, 5) is 0.261. The number of nitrogens with zero attached hydrogens (tertiary/aromatic N) is 1. The molecule has 2 atom stereocenters. The summed E-state index contributed by atoms with van der Waals surface area (Å²) in [6.45, 7) is 3.11. The van der Waals surface area contributed by atoms with Crippen molar-refractivity contribution in [2.45, 2.75) is 43.3 Å². The number of hydrogen-bond acceptors (Lipinski definition) is 5. The quantitative estimate of drug-likeness (QED) is 0.744. The minimum Gasteiger partial charge on any atom is -0.507 e. The Morgan fingerprint density at radius 2 is 1.83 bits per heavy atom. The van der Waals surface area contributed by atoms with Gasteiger partial charge in [0.1, 0.15) is 5.75 Å². The van der Waals surface area contributed by atoms with Gasteiger partial charge in [0.05, 0.1) is 17.1 Å². The molecular formula is C22H27ClN2O4S. The van der Waals surface area contributed by atoms with Crippen molar-refractivity contribution in [2.75, 3.05) is 19.6 Å². The van der Waals surface area contributed by atoms with E-state index >= 15 is 0 Å². The van der Waals surface area contributed by atoms with Gasteiger partial charge in [-0.05, 0) is 61.1 Å². The highest BCUT2D eigenvalue weighted by Crippen LogP contribution is 2.40. The third-order valence-electron chi connectivity index (χ3n) is 6.30. The molecule has 0 aliphatic carbocycles. The number of sulfonamides is 1. The van der Waals surface area contributed by atoms with E-state index in [1.54, 1.807) is 24.3 Å². The minimum atomic E-state index is -3.54. The highest BCUT2D eigenvalue weighted by molar-refractivity contribution is 7.89. The molecule has 0 radical (unpaired) electrons. The number of phenols is 1. The van der Waals surface area contributed by atoms with Crippen LogP contribution in [0.15, 0.2) is 41.3 Å². The van der Waals surface area contributed by atoms with E-state index in [1.165, 1.54) is 4.31 Å². The Morgan fingerprint density at radius 3 is 2.47 bits per heavy atom. The van der Waals surface area contributed by atoms with Gasteiger partial charge in [-0.15, -0.1) is 0 Å². The topological polar surface area (TPSA) is 92.9 Å². The summed E-state index contributed by atoms with van der Waals surface area (Å²) in [6.07, 6.45) is 1.70. The van der Waals surface area contributed by atoms with Crippen LogP contribution in [0.25, 0.3) is 0 Å². The lowest BCUT2D eigenvalue weighted by Crippen LogP contribution is -2.44. The Morgan fingerprint density at radius 1 is 1.17 bits per heavy atom. The van der Waals surface area contributed by atoms with Crippen molar-refractivity contribution in [3.05, 3.63) is 58.1 Å². The molecule has 4 rings (SSSR count). The van der Waals surface area contributed by atoms with Crippen LogP contribution in [0.2, 0.25) is 5.02 Å². The lowest BCUT2D eigenvalue weighted by atomic mass is 9.83. The minimum absolute atomic E-state index is 0.0841. The zero-order valence-corrected chi connectivity index (χ0v) is 18.5. The molecule has 30 heavy (non-hydrogen) atoms. The standard InChI is InChI=1S/C22H27ClN2O4S/c1-14-2-7-18-19(22(14)26)12-20(29-21(18)13-24)15-8-10-25(11-9-15)30(27,28)17-5-3-16(23)4-6-17/h2-7,15,20-21,26H,8-13,24H2,1H3/t20-,21-/m0/s1. The predicted molar refractivity (Wildman–Crippen MR) is 116 cm³/mol. The number of aromatic hydroxyl groups is 1. The Bertz CT molecular complexity index is 1020. The highest BCUT2D eigenvalue weighted by atomic mass is 35.5. The summed E-state index contributed by atoms with van der Waals surface area (Å²) in [5, 5.41) is 11.1. The van der Waals surface area contributed by atoms with E-state index in [1.807, 2.05) is 19.1 Å². The van der Waals surface area contributed by atoms with Gasteiger partial charge >= 0.3 is 0 Å². The van der Waals surface area contributed by atoms with E-state index in [9.17, 15) is 13.5 Å². The van der Waals surface area contributed by atoms with Crippen molar-refractivity contribution in [3.8, 4) is 5.75 Å². The van der Waals surface area contributed by atoms with E-state index in [4.69, 9.17) is 22.1 Å². The van der Waals surface area contributed by atoms with Crippen LogP contribution in [0, 0.1) is 12.8 Å². The van der Waals surface area contributed by atoms with Gasteiger partial charge < -0.3 is 15.6 Å².